The van der Waals surface area contributed by atoms with Crippen LogP contribution in [-0.2, 0) is 4.79 Å². The van der Waals surface area contributed by atoms with Crippen LogP contribution in [0.2, 0.25) is 10.0 Å². The summed E-state index contributed by atoms with van der Waals surface area (Å²) in [6.45, 7) is 6.14. The number of amides is 1. The fourth-order valence-corrected chi connectivity index (χ4v) is 3.86. The first-order valence-electron chi connectivity index (χ1n) is 10.3. The van der Waals surface area contributed by atoms with E-state index in [1.165, 1.54) is 0 Å². The smallest absolute Gasteiger partial charge is 0.260 e. The molecular weight excluding hydrogens is 439 g/mol. The Balaban J connectivity index is 1.56. The summed E-state index contributed by atoms with van der Waals surface area (Å²) in [5.41, 5.74) is 1.37. The third kappa shape index (κ3) is 5.43. The molecule has 8 heteroatoms. The van der Waals surface area contributed by atoms with Crippen molar-refractivity contribution < 1.29 is 19.4 Å². The van der Waals surface area contributed by atoms with Gasteiger partial charge in [-0.05, 0) is 42.8 Å². The van der Waals surface area contributed by atoms with Crippen LogP contribution in [0.5, 0.6) is 11.5 Å². The lowest BCUT2D eigenvalue weighted by Gasteiger charge is -2.36. The summed E-state index contributed by atoms with van der Waals surface area (Å²) >= 11 is 12.6. The van der Waals surface area contributed by atoms with E-state index in [1.54, 1.807) is 29.2 Å². The average Bonchev–Trinajstić information content (AvgIpc) is 2.79. The van der Waals surface area contributed by atoms with Crippen molar-refractivity contribution >= 4 is 40.6 Å². The summed E-state index contributed by atoms with van der Waals surface area (Å²) in [7, 11) is 0. The van der Waals surface area contributed by atoms with Crippen LogP contribution < -0.4 is 9.64 Å². The van der Waals surface area contributed by atoms with Crippen molar-refractivity contribution in [1.82, 2.24) is 4.90 Å². The summed E-state index contributed by atoms with van der Waals surface area (Å²) in [6, 6.07) is 10.2. The minimum absolute atomic E-state index is 0.0662. The third-order valence-electron chi connectivity index (χ3n) is 5.57. The van der Waals surface area contributed by atoms with Crippen molar-refractivity contribution in [1.29, 1.82) is 0 Å². The van der Waals surface area contributed by atoms with Crippen LogP contribution in [0.15, 0.2) is 36.4 Å². The molecule has 0 spiro atoms. The molecule has 1 atom stereocenters. The van der Waals surface area contributed by atoms with E-state index in [0.29, 0.717) is 38.2 Å². The number of carbonyl (C=O) groups excluding carboxylic acids is 2. The van der Waals surface area contributed by atoms with Crippen molar-refractivity contribution in [3.05, 3.63) is 52.0 Å². The van der Waals surface area contributed by atoms with Gasteiger partial charge in [0.1, 0.15) is 16.5 Å². The Bertz CT molecular complexity index is 941. The van der Waals surface area contributed by atoms with Gasteiger partial charge < -0.3 is 19.6 Å². The number of aromatic hydroxyl groups is 1. The number of phenols is 1. The SMILES string of the molecule is CCC(C)C(=O)c1ccc(OCC(=O)N2CCN(c3ccc(O)cc3)CC2)c(Cl)c1Cl. The van der Waals surface area contributed by atoms with E-state index in [2.05, 4.69) is 4.90 Å². The number of rotatable bonds is 7. The van der Waals surface area contributed by atoms with Crippen LogP contribution in [0.4, 0.5) is 5.69 Å². The molecule has 0 bridgehead atoms. The number of hydrogen-bond donors (Lipinski definition) is 1. The number of hydrogen-bond acceptors (Lipinski definition) is 5. The zero-order valence-corrected chi connectivity index (χ0v) is 19.1. The van der Waals surface area contributed by atoms with Crippen molar-refractivity contribution in [2.24, 2.45) is 5.92 Å². The molecule has 6 nitrogen and oxygen atoms in total. The van der Waals surface area contributed by atoms with E-state index in [0.717, 1.165) is 5.69 Å². The first kappa shape index (κ1) is 23.2. The summed E-state index contributed by atoms with van der Waals surface area (Å²) in [6.07, 6.45) is 0.708. The van der Waals surface area contributed by atoms with Crippen LogP contribution in [0.25, 0.3) is 0 Å². The van der Waals surface area contributed by atoms with Crippen molar-refractivity contribution in [2.45, 2.75) is 20.3 Å². The van der Waals surface area contributed by atoms with Crippen LogP contribution in [0.1, 0.15) is 30.6 Å². The molecule has 1 aliphatic heterocycles. The Labute approximate surface area is 192 Å². The standard InChI is InChI=1S/C23H26Cl2N2O4/c1-3-15(2)23(30)18-8-9-19(22(25)21(18)24)31-14-20(29)27-12-10-26(11-13-27)16-4-6-17(28)7-5-16/h4-9,15,28H,3,10-14H2,1-2H3. The average molecular weight is 465 g/mol. The zero-order chi connectivity index (χ0) is 22.5. The highest BCUT2D eigenvalue weighted by Gasteiger charge is 2.23. The molecule has 1 aliphatic rings. The first-order chi connectivity index (χ1) is 14.8. The zero-order valence-electron chi connectivity index (χ0n) is 17.6. The van der Waals surface area contributed by atoms with Crippen molar-refractivity contribution in [3.63, 3.8) is 0 Å². The molecule has 1 amide bonds. The molecule has 1 saturated heterocycles. The summed E-state index contributed by atoms with van der Waals surface area (Å²) in [5.74, 6) is 0.150. The quantitative estimate of drug-likeness (QED) is 0.603. The van der Waals surface area contributed by atoms with Gasteiger partial charge in [0.15, 0.2) is 12.4 Å². The van der Waals surface area contributed by atoms with Crippen molar-refractivity contribution in [3.8, 4) is 11.5 Å². The highest BCUT2D eigenvalue weighted by Crippen LogP contribution is 2.36. The number of benzene rings is 2. The maximum absolute atomic E-state index is 12.6. The van der Waals surface area contributed by atoms with Gasteiger partial charge in [0, 0.05) is 43.3 Å². The molecule has 2 aromatic rings. The monoisotopic (exact) mass is 464 g/mol. The van der Waals surface area contributed by atoms with E-state index in [1.807, 2.05) is 26.0 Å². The minimum Gasteiger partial charge on any atom is -0.508 e. The van der Waals surface area contributed by atoms with Gasteiger partial charge in [0.05, 0.1) is 5.02 Å². The molecule has 3 rings (SSSR count). The normalized spacial score (nSPS) is 15.0. The third-order valence-corrected chi connectivity index (χ3v) is 6.44. The predicted molar refractivity (Wildman–Crippen MR) is 123 cm³/mol. The van der Waals surface area contributed by atoms with Gasteiger partial charge in [0.25, 0.3) is 5.91 Å². The van der Waals surface area contributed by atoms with Gasteiger partial charge in [-0.1, -0.05) is 37.0 Å². The topological polar surface area (TPSA) is 70.1 Å². The number of ketones is 1. The molecule has 1 fully saturated rings. The predicted octanol–water partition coefficient (Wildman–Crippen LogP) is 4.66. The number of piperazine rings is 1. The van der Waals surface area contributed by atoms with Crippen LogP contribution in [0.3, 0.4) is 0 Å². The van der Waals surface area contributed by atoms with E-state index < -0.39 is 0 Å². The fourth-order valence-electron chi connectivity index (χ4n) is 3.39. The Kier molecular flexibility index (Phi) is 7.68. The Morgan fingerprint density at radius 1 is 1.03 bits per heavy atom. The molecule has 1 unspecified atom stereocenters. The molecule has 2 aromatic carbocycles. The van der Waals surface area contributed by atoms with Crippen LogP contribution in [0, 0.1) is 5.92 Å². The van der Waals surface area contributed by atoms with Gasteiger partial charge >= 0.3 is 0 Å². The van der Waals surface area contributed by atoms with Crippen molar-refractivity contribution in [2.75, 3.05) is 37.7 Å². The number of nitrogens with zero attached hydrogens (tertiary/aromatic N) is 2. The van der Waals surface area contributed by atoms with Gasteiger partial charge in [-0.25, -0.2) is 0 Å². The van der Waals surface area contributed by atoms with E-state index in [-0.39, 0.29) is 45.8 Å². The number of anilines is 1. The largest absolute Gasteiger partial charge is 0.508 e. The molecule has 1 heterocycles. The lowest BCUT2D eigenvalue weighted by Crippen LogP contribution is -2.50. The second kappa shape index (κ2) is 10.2. The molecule has 0 saturated carbocycles. The first-order valence-corrected chi connectivity index (χ1v) is 11.0. The molecule has 0 radical (unpaired) electrons. The van der Waals surface area contributed by atoms with Gasteiger partial charge in [-0.2, -0.15) is 0 Å². The Morgan fingerprint density at radius 3 is 2.29 bits per heavy atom. The summed E-state index contributed by atoms with van der Waals surface area (Å²) in [4.78, 5) is 28.9. The molecule has 0 aliphatic carbocycles. The van der Waals surface area contributed by atoms with Crippen LogP contribution >= 0.6 is 23.2 Å². The molecular formula is C23H26Cl2N2O4. The number of carbonyl (C=O) groups is 2. The second-order valence-corrected chi connectivity index (χ2v) is 8.34. The van der Waals surface area contributed by atoms with E-state index in [9.17, 15) is 14.7 Å². The highest BCUT2D eigenvalue weighted by molar-refractivity contribution is 6.44. The highest BCUT2D eigenvalue weighted by atomic mass is 35.5. The lowest BCUT2D eigenvalue weighted by atomic mass is 9.97. The van der Waals surface area contributed by atoms with E-state index in [4.69, 9.17) is 27.9 Å². The Hall–Kier alpha value is -2.44. The van der Waals surface area contributed by atoms with Gasteiger partial charge in [-0.3, -0.25) is 9.59 Å². The molecule has 1 N–H and O–H groups in total. The Morgan fingerprint density at radius 2 is 1.68 bits per heavy atom. The number of Topliss-reactive ketones (excluding diaryl/α,β-unsaturated/α-hetero) is 1. The number of ether oxygens (including phenoxy) is 1. The summed E-state index contributed by atoms with van der Waals surface area (Å²) in [5, 5.41) is 9.71. The van der Waals surface area contributed by atoms with Gasteiger partial charge in [-0.15, -0.1) is 0 Å². The fraction of sp³-hybridized carbons (Fsp3) is 0.391. The summed E-state index contributed by atoms with van der Waals surface area (Å²) < 4.78 is 5.62. The molecule has 31 heavy (non-hydrogen) atoms. The lowest BCUT2D eigenvalue weighted by molar-refractivity contribution is -0.133. The molecule has 166 valence electrons. The molecule has 0 aromatic heterocycles. The van der Waals surface area contributed by atoms with E-state index >= 15 is 0 Å². The second-order valence-electron chi connectivity index (χ2n) is 7.59. The van der Waals surface area contributed by atoms with Gasteiger partial charge in [0.2, 0.25) is 0 Å². The number of halogens is 2. The minimum atomic E-state index is -0.159. The maximum Gasteiger partial charge on any atom is 0.260 e. The maximum atomic E-state index is 12.6. The number of phenolic OH excluding ortho intramolecular Hbond substituents is 1. The van der Waals surface area contributed by atoms with Crippen LogP contribution in [-0.4, -0.2) is 54.5 Å².